The minimum atomic E-state index is -0.715. The summed E-state index contributed by atoms with van der Waals surface area (Å²) in [6.45, 7) is 10.2. The molecule has 1 aliphatic heterocycles. The molecular formula is C25H36O4. The van der Waals surface area contributed by atoms with Crippen molar-refractivity contribution in [3.63, 3.8) is 0 Å². The van der Waals surface area contributed by atoms with Gasteiger partial charge in [-0.1, -0.05) is 42.9 Å². The Bertz CT molecular complexity index is 698. The van der Waals surface area contributed by atoms with E-state index in [4.69, 9.17) is 9.15 Å². The van der Waals surface area contributed by atoms with E-state index >= 15 is 0 Å². The molecule has 0 aromatic carbocycles. The molecule has 1 saturated heterocycles. The third kappa shape index (κ3) is 8.06. The van der Waals surface area contributed by atoms with Gasteiger partial charge in [-0.3, -0.25) is 4.79 Å². The molecule has 4 nitrogen and oxygen atoms in total. The number of allylic oxidation sites excluding steroid dienone is 4. The van der Waals surface area contributed by atoms with E-state index in [2.05, 4.69) is 38.7 Å². The number of rotatable bonds is 12. The average Bonchev–Trinajstić information content (AvgIpc) is 3.27. The predicted molar refractivity (Wildman–Crippen MR) is 116 cm³/mol. The molecule has 1 fully saturated rings. The minimum Gasteiger partial charge on any atom is -0.472 e. The second kappa shape index (κ2) is 11.8. The Hall–Kier alpha value is -2.07. The molecule has 0 saturated carbocycles. The molecule has 0 bridgehead atoms. The number of aliphatic hydroxyl groups excluding tert-OH is 1. The average molecular weight is 401 g/mol. The number of carbonyl (C=O) groups is 1. The van der Waals surface area contributed by atoms with Gasteiger partial charge >= 0.3 is 5.97 Å². The molecule has 160 valence electrons. The van der Waals surface area contributed by atoms with Crippen molar-refractivity contribution >= 4 is 5.97 Å². The number of esters is 1. The minimum absolute atomic E-state index is 0.309. The van der Waals surface area contributed by atoms with Gasteiger partial charge in [-0.15, -0.1) is 0 Å². The van der Waals surface area contributed by atoms with Crippen LogP contribution < -0.4 is 0 Å². The molecule has 1 aromatic heterocycles. The molecule has 2 rings (SSSR count). The molecule has 1 N–H and O–H groups in total. The maximum Gasteiger partial charge on any atom is 0.311 e. The highest BCUT2D eigenvalue weighted by molar-refractivity contribution is 5.75. The molecule has 29 heavy (non-hydrogen) atoms. The van der Waals surface area contributed by atoms with Gasteiger partial charge in [0, 0.05) is 6.42 Å². The zero-order valence-corrected chi connectivity index (χ0v) is 18.1. The molecule has 0 spiro atoms. The number of cyclic esters (lactones) is 1. The largest absolute Gasteiger partial charge is 0.472 e. The number of aryl methyl sites for hydroxylation is 1. The lowest BCUT2D eigenvalue weighted by molar-refractivity contribution is -0.143. The highest BCUT2D eigenvalue weighted by atomic mass is 16.6. The molecule has 2 heterocycles. The molecule has 4 heteroatoms. The van der Waals surface area contributed by atoms with Crippen molar-refractivity contribution < 1.29 is 19.1 Å². The van der Waals surface area contributed by atoms with Crippen LogP contribution in [0.4, 0.5) is 0 Å². The summed E-state index contributed by atoms with van der Waals surface area (Å²) in [6, 6.07) is 2.03. The van der Waals surface area contributed by atoms with Crippen molar-refractivity contribution in [2.45, 2.75) is 77.9 Å². The summed E-state index contributed by atoms with van der Waals surface area (Å²) in [7, 11) is 0. The van der Waals surface area contributed by atoms with E-state index in [1.54, 1.807) is 13.2 Å². The topological polar surface area (TPSA) is 59.7 Å². The van der Waals surface area contributed by atoms with Crippen molar-refractivity contribution in [2.75, 3.05) is 0 Å². The first-order valence-electron chi connectivity index (χ1n) is 10.8. The van der Waals surface area contributed by atoms with E-state index in [1.807, 2.05) is 12.3 Å². The van der Waals surface area contributed by atoms with Crippen molar-refractivity contribution in [2.24, 2.45) is 11.8 Å². The fraction of sp³-hybridized carbons (Fsp3) is 0.560. The van der Waals surface area contributed by atoms with Crippen LogP contribution in [0.25, 0.3) is 0 Å². The Morgan fingerprint density at radius 2 is 2.14 bits per heavy atom. The second-order valence-corrected chi connectivity index (χ2v) is 8.46. The van der Waals surface area contributed by atoms with E-state index in [-0.39, 0.29) is 5.97 Å². The van der Waals surface area contributed by atoms with Crippen LogP contribution in [0.5, 0.6) is 0 Å². The first kappa shape index (κ1) is 23.2. The Balaban J connectivity index is 1.59. The third-order valence-corrected chi connectivity index (χ3v) is 5.65. The summed E-state index contributed by atoms with van der Waals surface area (Å²) in [6.07, 6.45) is 15.9. The highest BCUT2D eigenvalue weighted by Crippen LogP contribution is 2.27. The van der Waals surface area contributed by atoms with Gasteiger partial charge in [-0.25, -0.2) is 0 Å². The summed E-state index contributed by atoms with van der Waals surface area (Å²) < 4.78 is 10.3. The van der Waals surface area contributed by atoms with Crippen LogP contribution in [0.1, 0.15) is 64.9 Å². The standard InChI is InChI=1S/C25H36O4/c1-18(8-5-9-19(2)11-7-13-22-14-15-28-17-22)10-6-12-20(3)16-23-24(26)21(4)25(27)29-23/h5,8-9,14-15,17,19,21,23-24,26H,3,6-7,10-13,16H2,1-2,4H3/b9-5+,18-8+/t19-,21+,23-,24-/m0/s1. The van der Waals surface area contributed by atoms with Gasteiger partial charge in [0.2, 0.25) is 0 Å². The molecule has 0 unspecified atom stereocenters. The first-order valence-corrected chi connectivity index (χ1v) is 10.8. The molecule has 1 aromatic rings. The molecule has 0 radical (unpaired) electrons. The van der Waals surface area contributed by atoms with Crippen molar-refractivity contribution in [3.05, 3.63) is 60.1 Å². The lowest BCUT2D eigenvalue weighted by Gasteiger charge is -2.15. The number of hydrogen-bond acceptors (Lipinski definition) is 4. The Kier molecular flexibility index (Phi) is 9.46. The van der Waals surface area contributed by atoms with E-state index < -0.39 is 18.1 Å². The fourth-order valence-electron chi connectivity index (χ4n) is 3.61. The Morgan fingerprint density at radius 3 is 2.79 bits per heavy atom. The Morgan fingerprint density at radius 1 is 1.34 bits per heavy atom. The van der Waals surface area contributed by atoms with Gasteiger partial charge < -0.3 is 14.3 Å². The van der Waals surface area contributed by atoms with E-state index in [0.29, 0.717) is 12.3 Å². The van der Waals surface area contributed by atoms with Crippen LogP contribution in [0.3, 0.4) is 0 Å². The summed E-state index contributed by atoms with van der Waals surface area (Å²) in [5.74, 6) is -0.178. The monoisotopic (exact) mass is 400 g/mol. The first-order chi connectivity index (χ1) is 13.9. The van der Waals surface area contributed by atoms with Gasteiger partial charge in [-0.2, -0.15) is 0 Å². The van der Waals surface area contributed by atoms with Gasteiger partial charge in [0.05, 0.1) is 18.4 Å². The smallest absolute Gasteiger partial charge is 0.311 e. The zero-order valence-electron chi connectivity index (χ0n) is 18.1. The summed E-state index contributed by atoms with van der Waals surface area (Å²) >= 11 is 0. The van der Waals surface area contributed by atoms with Crippen LogP contribution in [0, 0.1) is 11.8 Å². The second-order valence-electron chi connectivity index (χ2n) is 8.46. The van der Waals surface area contributed by atoms with Crippen molar-refractivity contribution in [3.8, 4) is 0 Å². The Labute approximate surface area is 175 Å². The van der Waals surface area contributed by atoms with Crippen molar-refractivity contribution in [1.29, 1.82) is 0 Å². The van der Waals surface area contributed by atoms with Crippen LogP contribution in [-0.4, -0.2) is 23.3 Å². The number of aliphatic hydroxyl groups is 1. The summed E-state index contributed by atoms with van der Waals surface area (Å²) in [5.41, 5.74) is 3.65. The maximum atomic E-state index is 11.5. The summed E-state index contributed by atoms with van der Waals surface area (Å²) in [5, 5.41) is 10.0. The lowest BCUT2D eigenvalue weighted by Crippen LogP contribution is -2.25. The van der Waals surface area contributed by atoms with Gasteiger partial charge in [0.15, 0.2) is 0 Å². The van der Waals surface area contributed by atoms with Crippen molar-refractivity contribution in [1.82, 2.24) is 0 Å². The third-order valence-electron chi connectivity index (χ3n) is 5.65. The van der Waals surface area contributed by atoms with E-state index in [0.717, 1.165) is 31.3 Å². The van der Waals surface area contributed by atoms with E-state index in [1.165, 1.54) is 24.0 Å². The normalized spacial score (nSPS) is 23.5. The number of hydrogen-bond donors (Lipinski definition) is 1. The molecule has 1 aliphatic rings. The van der Waals surface area contributed by atoms with Crippen LogP contribution >= 0.6 is 0 Å². The molecule has 4 atom stereocenters. The molecule has 0 aliphatic carbocycles. The van der Waals surface area contributed by atoms with Gasteiger partial charge in [0.25, 0.3) is 0 Å². The number of furan rings is 1. The van der Waals surface area contributed by atoms with Gasteiger partial charge in [0.1, 0.15) is 12.2 Å². The maximum absolute atomic E-state index is 11.5. The quantitative estimate of drug-likeness (QED) is 0.274. The fourth-order valence-corrected chi connectivity index (χ4v) is 3.61. The summed E-state index contributed by atoms with van der Waals surface area (Å²) in [4.78, 5) is 11.5. The van der Waals surface area contributed by atoms with Crippen LogP contribution in [0.15, 0.2) is 59.0 Å². The highest BCUT2D eigenvalue weighted by Gasteiger charge is 2.40. The number of ether oxygens (including phenoxy) is 1. The molecular weight excluding hydrogens is 364 g/mol. The van der Waals surface area contributed by atoms with Crippen LogP contribution in [-0.2, 0) is 16.0 Å². The van der Waals surface area contributed by atoms with Gasteiger partial charge in [-0.05, 0) is 69.9 Å². The van der Waals surface area contributed by atoms with E-state index in [9.17, 15) is 9.90 Å². The molecule has 0 amide bonds. The number of carbonyl (C=O) groups excluding carboxylic acids is 1. The zero-order chi connectivity index (χ0) is 21.2. The predicted octanol–water partition coefficient (Wildman–Crippen LogP) is 5.78. The lowest BCUT2D eigenvalue weighted by atomic mass is 9.96. The SMILES string of the molecule is C=C(CCC/C(C)=C/C=C/[C@H](C)CCCc1ccoc1)C[C@@H]1OC(=O)[C@H](C)[C@@H]1O. The van der Waals surface area contributed by atoms with Crippen LogP contribution in [0.2, 0.25) is 0 Å².